The van der Waals surface area contributed by atoms with Gasteiger partial charge in [-0.15, -0.1) is 23.2 Å². The van der Waals surface area contributed by atoms with E-state index in [2.05, 4.69) is 5.32 Å². The van der Waals surface area contributed by atoms with Crippen LogP contribution in [0.1, 0.15) is 34.3 Å². The fraction of sp³-hybridized carbons (Fsp3) is 0.192. The van der Waals surface area contributed by atoms with Crippen LogP contribution < -0.4 is 16.0 Å². The van der Waals surface area contributed by atoms with Crippen LogP contribution in [-0.2, 0) is 15.8 Å². The van der Waals surface area contributed by atoms with Crippen molar-refractivity contribution in [1.29, 1.82) is 0 Å². The first kappa shape index (κ1) is 31.0. The lowest BCUT2D eigenvalue weighted by atomic mass is 10.0. The van der Waals surface area contributed by atoms with E-state index in [0.29, 0.717) is 36.4 Å². The van der Waals surface area contributed by atoms with Gasteiger partial charge in [0.25, 0.3) is 5.91 Å². The van der Waals surface area contributed by atoms with Crippen LogP contribution in [0.4, 0.5) is 52.2 Å². The predicted molar refractivity (Wildman–Crippen MR) is 136 cm³/mol. The molecule has 16 heteroatoms. The Morgan fingerprint density at radius 3 is 2.00 bits per heavy atom. The Morgan fingerprint density at radius 2 is 1.40 bits per heavy atom. The monoisotopic (exact) mass is 639 g/mol. The van der Waals surface area contributed by atoms with Gasteiger partial charge in [0, 0.05) is 30.7 Å². The lowest BCUT2D eigenvalue weighted by Gasteiger charge is -2.12. The van der Waals surface area contributed by atoms with Gasteiger partial charge in [-0.05, 0) is 29.8 Å². The second-order valence-electron chi connectivity index (χ2n) is 9.12. The van der Waals surface area contributed by atoms with Crippen LogP contribution in [-0.4, -0.2) is 22.1 Å². The van der Waals surface area contributed by atoms with Gasteiger partial charge in [-0.3, -0.25) is 14.4 Å². The molecule has 0 aromatic heterocycles. The number of hydrogen-bond donors (Lipinski definition) is 3. The first-order chi connectivity index (χ1) is 19.4. The highest BCUT2D eigenvalue weighted by molar-refractivity contribution is 6.53. The molecule has 4 rings (SSSR count). The Bertz CT molecular complexity index is 1630. The average molecular weight is 640 g/mol. The number of benzene rings is 3. The van der Waals surface area contributed by atoms with Gasteiger partial charge < -0.3 is 16.0 Å². The van der Waals surface area contributed by atoms with E-state index in [1.165, 1.54) is 0 Å². The zero-order valence-corrected chi connectivity index (χ0v) is 22.2. The first-order valence-corrected chi connectivity index (χ1v) is 12.3. The second-order valence-corrected chi connectivity index (χ2v) is 10.6. The van der Waals surface area contributed by atoms with Gasteiger partial charge >= 0.3 is 6.18 Å². The summed E-state index contributed by atoms with van der Waals surface area (Å²) in [4.78, 5) is 36.8. The van der Waals surface area contributed by atoms with E-state index in [-0.39, 0.29) is 5.56 Å². The molecule has 6 nitrogen and oxygen atoms in total. The molecule has 0 aliphatic heterocycles. The third kappa shape index (κ3) is 6.14. The van der Waals surface area contributed by atoms with Crippen molar-refractivity contribution in [3.63, 3.8) is 0 Å². The van der Waals surface area contributed by atoms with E-state index < -0.39 is 97.3 Å². The molecule has 3 amide bonds. The first-order valence-electron chi connectivity index (χ1n) is 11.5. The van der Waals surface area contributed by atoms with Crippen molar-refractivity contribution < 1.29 is 49.5 Å². The SMILES string of the molecule is CC(=O)Nc1cc(NC(=O)c2cc(NC(=O)[C@H]3[C@H](c4ccc(F)c(C(F)(F)F)c4)C3(Cl)Cl)cc(F)c2F)c(F)cc1F. The van der Waals surface area contributed by atoms with E-state index in [4.69, 9.17) is 23.2 Å². The molecule has 1 aliphatic rings. The van der Waals surface area contributed by atoms with Crippen LogP contribution >= 0.6 is 23.2 Å². The quantitative estimate of drug-likeness (QED) is 0.198. The fourth-order valence-electron chi connectivity index (χ4n) is 4.19. The summed E-state index contributed by atoms with van der Waals surface area (Å²) in [5.41, 5.74) is -4.65. The lowest BCUT2D eigenvalue weighted by molar-refractivity contribution is -0.140. The molecule has 0 bridgehead atoms. The van der Waals surface area contributed by atoms with E-state index >= 15 is 0 Å². The third-order valence-electron chi connectivity index (χ3n) is 6.15. The Labute approximate surface area is 241 Å². The zero-order valence-electron chi connectivity index (χ0n) is 20.7. The predicted octanol–water partition coefficient (Wildman–Crippen LogP) is 7.14. The highest BCUT2D eigenvalue weighted by Crippen LogP contribution is 2.65. The second kappa shape index (κ2) is 11.1. The van der Waals surface area contributed by atoms with Crippen molar-refractivity contribution >= 4 is 58.0 Å². The van der Waals surface area contributed by atoms with Gasteiger partial charge in [0.1, 0.15) is 21.8 Å². The Hall–Kier alpha value is -3.91. The van der Waals surface area contributed by atoms with E-state index in [1.54, 1.807) is 0 Å². The maximum absolute atomic E-state index is 14.5. The van der Waals surface area contributed by atoms with Crippen LogP contribution in [0.25, 0.3) is 0 Å². The van der Waals surface area contributed by atoms with Crippen molar-refractivity contribution in [3.05, 3.63) is 88.2 Å². The topological polar surface area (TPSA) is 87.3 Å². The smallest absolute Gasteiger partial charge is 0.326 e. The van der Waals surface area contributed by atoms with Crippen molar-refractivity contribution in [2.75, 3.05) is 16.0 Å². The summed E-state index contributed by atoms with van der Waals surface area (Å²) in [6.45, 7) is 1.03. The standard InChI is InChI=1S/C26H15Cl2F8N3O3/c1-9(40)37-18-8-19(16(31)7-15(18)30)39-23(41)12-5-11(6-17(32)22(12)33)38-24(42)21-20(25(21,27)28)10-2-3-14(29)13(4-10)26(34,35)36/h2-8,20-21H,1H3,(H,37,40)(H,38,42)(H,39,41)/t20-,21+/m0/s1. The summed E-state index contributed by atoms with van der Waals surface area (Å²) >= 11 is 12.2. The minimum Gasteiger partial charge on any atom is -0.326 e. The third-order valence-corrected chi connectivity index (χ3v) is 7.09. The molecule has 0 radical (unpaired) electrons. The average Bonchev–Trinajstić information content (AvgIpc) is 3.45. The highest BCUT2D eigenvalue weighted by atomic mass is 35.5. The molecule has 2 atom stereocenters. The summed E-state index contributed by atoms with van der Waals surface area (Å²) in [7, 11) is 0. The molecule has 0 spiro atoms. The molecule has 1 saturated carbocycles. The molecular weight excluding hydrogens is 625 g/mol. The molecular formula is C26H15Cl2F8N3O3. The van der Waals surface area contributed by atoms with Crippen LogP contribution in [0.2, 0.25) is 0 Å². The van der Waals surface area contributed by atoms with Crippen LogP contribution in [0.3, 0.4) is 0 Å². The van der Waals surface area contributed by atoms with Crippen molar-refractivity contribution in [2.24, 2.45) is 5.92 Å². The maximum atomic E-state index is 14.5. The fourth-order valence-corrected chi connectivity index (χ4v) is 5.02. The largest absolute Gasteiger partial charge is 0.419 e. The number of halogens is 10. The lowest BCUT2D eigenvalue weighted by Crippen LogP contribution is -2.20. The molecule has 222 valence electrons. The molecule has 42 heavy (non-hydrogen) atoms. The van der Waals surface area contributed by atoms with E-state index in [9.17, 15) is 49.5 Å². The molecule has 3 N–H and O–H groups in total. The molecule has 0 unspecified atom stereocenters. The normalized spacial score (nSPS) is 17.4. The van der Waals surface area contributed by atoms with Gasteiger partial charge in [0.05, 0.1) is 28.4 Å². The Kier molecular flexibility index (Phi) is 8.17. The van der Waals surface area contributed by atoms with Gasteiger partial charge in [0.15, 0.2) is 11.6 Å². The number of nitrogens with one attached hydrogen (secondary N) is 3. The van der Waals surface area contributed by atoms with Crippen molar-refractivity contribution in [3.8, 4) is 0 Å². The van der Waals surface area contributed by atoms with Gasteiger partial charge in [-0.2, -0.15) is 13.2 Å². The minimum atomic E-state index is -5.06. The number of anilines is 3. The molecule has 3 aromatic rings. The number of alkyl halides is 5. The highest BCUT2D eigenvalue weighted by Gasteiger charge is 2.67. The van der Waals surface area contributed by atoms with Gasteiger partial charge in [-0.25, -0.2) is 22.0 Å². The Morgan fingerprint density at radius 1 is 0.786 bits per heavy atom. The summed E-state index contributed by atoms with van der Waals surface area (Å²) < 4.78 is 108. The van der Waals surface area contributed by atoms with Crippen LogP contribution in [0.15, 0.2) is 42.5 Å². The van der Waals surface area contributed by atoms with Gasteiger partial charge in [0.2, 0.25) is 11.8 Å². The zero-order chi connectivity index (χ0) is 31.3. The number of rotatable bonds is 6. The number of carbonyl (C=O) groups is 3. The summed E-state index contributed by atoms with van der Waals surface area (Å²) in [5.74, 6) is -13.4. The molecule has 1 fully saturated rings. The molecule has 0 heterocycles. The number of hydrogen-bond acceptors (Lipinski definition) is 3. The summed E-state index contributed by atoms with van der Waals surface area (Å²) in [6, 6.07) is 4.06. The number of carbonyl (C=O) groups excluding carboxylic acids is 3. The van der Waals surface area contributed by atoms with Crippen LogP contribution in [0, 0.1) is 35.0 Å². The van der Waals surface area contributed by atoms with Gasteiger partial charge in [-0.1, -0.05) is 6.07 Å². The Balaban J connectivity index is 1.57. The maximum Gasteiger partial charge on any atom is 0.419 e. The van der Waals surface area contributed by atoms with E-state index in [1.807, 2.05) is 10.6 Å². The molecule has 1 aliphatic carbocycles. The molecule has 0 saturated heterocycles. The number of amides is 3. The van der Waals surface area contributed by atoms with Crippen molar-refractivity contribution in [1.82, 2.24) is 0 Å². The van der Waals surface area contributed by atoms with Crippen molar-refractivity contribution in [2.45, 2.75) is 23.4 Å². The summed E-state index contributed by atoms with van der Waals surface area (Å²) in [6.07, 6.45) is -5.06. The minimum absolute atomic E-state index is 0.223. The van der Waals surface area contributed by atoms with E-state index in [0.717, 1.165) is 13.0 Å². The van der Waals surface area contributed by atoms with Crippen LogP contribution in [0.5, 0.6) is 0 Å². The summed E-state index contributed by atoms with van der Waals surface area (Å²) in [5, 5.41) is 6.08. The molecule has 3 aromatic carbocycles.